The first-order chi connectivity index (χ1) is 16.7. The van der Waals surface area contributed by atoms with Gasteiger partial charge in [-0.2, -0.15) is 0 Å². The molecule has 0 unspecified atom stereocenters. The summed E-state index contributed by atoms with van der Waals surface area (Å²) >= 11 is 2.46. The number of hydrogen-bond acceptors (Lipinski definition) is 9. The highest BCUT2D eigenvalue weighted by Gasteiger charge is 2.16. The lowest BCUT2D eigenvalue weighted by Crippen LogP contribution is -2.14. The molecule has 4 rings (SSSR count). The van der Waals surface area contributed by atoms with E-state index in [1.807, 2.05) is 11.5 Å². The van der Waals surface area contributed by atoms with Crippen LogP contribution in [0, 0.1) is 5.82 Å². The third-order valence-corrected chi connectivity index (χ3v) is 7.48. The van der Waals surface area contributed by atoms with Gasteiger partial charge in [-0.15, -0.1) is 20.4 Å². The zero-order valence-corrected chi connectivity index (χ0v) is 21.3. The lowest BCUT2D eigenvalue weighted by molar-refractivity contribution is -0.113. The van der Waals surface area contributed by atoms with Crippen LogP contribution in [-0.2, 0) is 26.9 Å². The number of halogens is 1. The number of carbonyl (C=O) groups is 1. The van der Waals surface area contributed by atoms with Gasteiger partial charge in [-0.25, -0.2) is 12.8 Å². The van der Waals surface area contributed by atoms with Gasteiger partial charge in [0.05, 0.1) is 11.5 Å². The molecule has 13 heteroatoms. The summed E-state index contributed by atoms with van der Waals surface area (Å²) in [6.07, 6.45) is 1.19. The molecule has 9 nitrogen and oxygen atoms in total. The molecule has 2 aromatic heterocycles. The normalized spacial score (nSPS) is 11.5. The maximum Gasteiger partial charge on any atom is 0.236 e. The van der Waals surface area contributed by atoms with Crippen LogP contribution in [0.2, 0.25) is 0 Å². The molecule has 0 atom stereocenters. The predicted octanol–water partition coefficient (Wildman–Crippen LogP) is 3.90. The Balaban J connectivity index is 1.36. The van der Waals surface area contributed by atoms with Crippen LogP contribution in [0.3, 0.4) is 0 Å². The van der Waals surface area contributed by atoms with E-state index in [9.17, 15) is 17.6 Å². The Morgan fingerprint density at radius 2 is 1.71 bits per heavy atom. The van der Waals surface area contributed by atoms with Gasteiger partial charge < -0.3 is 4.57 Å². The number of nitrogens with zero attached hydrogens (tertiary/aromatic N) is 5. The molecule has 0 aliphatic carbocycles. The number of thioether (sulfide) groups is 1. The van der Waals surface area contributed by atoms with Crippen LogP contribution >= 0.6 is 23.1 Å². The van der Waals surface area contributed by atoms with Gasteiger partial charge in [-0.3, -0.25) is 10.1 Å². The number of carbonyl (C=O) groups excluding carboxylic acids is 1. The zero-order chi connectivity index (χ0) is 25.0. The van der Waals surface area contributed by atoms with Crippen LogP contribution in [0.25, 0.3) is 22.0 Å². The monoisotopic (exact) mass is 532 g/mol. The minimum atomic E-state index is -3.11. The van der Waals surface area contributed by atoms with Gasteiger partial charge in [0, 0.05) is 23.9 Å². The van der Waals surface area contributed by atoms with Crippen molar-refractivity contribution in [2.24, 2.45) is 0 Å². The molecule has 35 heavy (non-hydrogen) atoms. The first-order valence-corrected chi connectivity index (χ1v) is 14.3. The van der Waals surface area contributed by atoms with Crippen LogP contribution in [0.4, 0.5) is 9.52 Å². The molecule has 0 spiro atoms. The fraction of sp³-hybridized carbons (Fsp3) is 0.227. The number of anilines is 1. The molecule has 2 heterocycles. The molecule has 0 saturated carbocycles. The standard InChI is InChI=1S/C22H21FN6O3S3/c1-3-29-19(15-8-10-17(23)11-9-15)25-28-22(29)33-12-18(30)24-21-27-26-20(34-21)16-6-4-14(5-7-16)13-35(2,31)32/h4-11H,3,12-13H2,1-2H3,(H,24,27,30). The largest absolute Gasteiger partial charge is 0.302 e. The number of hydrogen-bond donors (Lipinski definition) is 1. The van der Waals surface area contributed by atoms with Crippen molar-refractivity contribution in [2.45, 2.75) is 24.4 Å². The summed E-state index contributed by atoms with van der Waals surface area (Å²) in [5, 5.41) is 20.8. The quantitative estimate of drug-likeness (QED) is 0.322. The maximum absolute atomic E-state index is 13.2. The van der Waals surface area contributed by atoms with Crippen molar-refractivity contribution in [1.82, 2.24) is 25.0 Å². The third kappa shape index (κ3) is 6.50. The van der Waals surface area contributed by atoms with Crippen LogP contribution in [0.15, 0.2) is 53.7 Å². The van der Waals surface area contributed by atoms with Crippen molar-refractivity contribution in [3.8, 4) is 22.0 Å². The van der Waals surface area contributed by atoms with E-state index >= 15 is 0 Å². The van der Waals surface area contributed by atoms with E-state index in [1.54, 1.807) is 36.4 Å². The molecule has 0 bridgehead atoms. The SMILES string of the molecule is CCn1c(SCC(=O)Nc2nnc(-c3ccc(CS(C)(=O)=O)cc3)s2)nnc1-c1ccc(F)cc1. The number of aromatic nitrogens is 5. The van der Waals surface area contributed by atoms with Crippen LogP contribution in [0.1, 0.15) is 12.5 Å². The van der Waals surface area contributed by atoms with Crippen LogP contribution in [-0.4, -0.2) is 51.3 Å². The Morgan fingerprint density at radius 1 is 1.03 bits per heavy atom. The highest BCUT2D eigenvalue weighted by Crippen LogP contribution is 2.28. The second-order valence-corrected chi connectivity index (χ2v) is 11.6. The van der Waals surface area contributed by atoms with E-state index in [0.717, 1.165) is 11.1 Å². The van der Waals surface area contributed by atoms with Crippen molar-refractivity contribution in [2.75, 3.05) is 17.3 Å². The highest BCUT2D eigenvalue weighted by atomic mass is 32.2. The summed E-state index contributed by atoms with van der Waals surface area (Å²) in [5.74, 6) is 0.0734. The fourth-order valence-corrected chi connectivity index (χ4v) is 5.58. The Kier molecular flexibility index (Phi) is 7.57. The molecule has 0 radical (unpaired) electrons. The molecule has 1 amide bonds. The van der Waals surface area contributed by atoms with Gasteiger partial charge in [-0.1, -0.05) is 47.4 Å². The Hall–Kier alpha value is -3.16. The molecule has 4 aromatic rings. The molecule has 0 aliphatic rings. The number of nitrogens with one attached hydrogen (secondary N) is 1. The lowest BCUT2D eigenvalue weighted by atomic mass is 10.2. The van der Waals surface area contributed by atoms with E-state index < -0.39 is 9.84 Å². The average Bonchev–Trinajstić information content (AvgIpc) is 3.44. The second kappa shape index (κ2) is 10.6. The van der Waals surface area contributed by atoms with Gasteiger partial charge in [0.25, 0.3) is 0 Å². The molecular weight excluding hydrogens is 511 g/mol. The van der Waals surface area contributed by atoms with Gasteiger partial charge in [0.15, 0.2) is 20.8 Å². The molecule has 0 aliphatic heterocycles. The van der Waals surface area contributed by atoms with Crippen molar-refractivity contribution >= 4 is 44.0 Å². The van der Waals surface area contributed by atoms with Gasteiger partial charge >= 0.3 is 0 Å². The minimum absolute atomic E-state index is 0.0282. The number of amides is 1. The number of rotatable bonds is 9. The van der Waals surface area contributed by atoms with Crippen molar-refractivity contribution < 1.29 is 17.6 Å². The topological polar surface area (TPSA) is 120 Å². The second-order valence-electron chi connectivity index (χ2n) is 7.57. The molecule has 182 valence electrons. The molecule has 2 aromatic carbocycles. The number of benzene rings is 2. The zero-order valence-electron chi connectivity index (χ0n) is 18.8. The summed E-state index contributed by atoms with van der Waals surface area (Å²) in [7, 11) is -3.11. The molecule has 0 fully saturated rings. The Bertz CT molecular complexity index is 1430. The van der Waals surface area contributed by atoms with Gasteiger partial charge in [0.1, 0.15) is 10.8 Å². The highest BCUT2D eigenvalue weighted by molar-refractivity contribution is 7.99. The first-order valence-electron chi connectivity index (χ1n) is 10.4. The smallest absolute Gasteiger partial charge is 0.236 e. The fourth-order valence-electron chi connectivity index (χ4n) is 3.22. The first kappa shape index (κ1) is 24.9. The number of sulfone groups is 1. The van der Waals surface area contributed by atoms with E-state index in [-0.39, 0.29) is 23.2 Å². The maximum atomic E-state index is 13.2. The Labute approximate surface area is 209 Å². The van der Waals surface area contributed by atoms with Gasteiger partial charge in [-0.05, 0) is 36.8 Å². The summed E-state index contributed by atoms with van der Waals surface area (Å²) in [6.45, 7) is 2.53. The third-order valence-electron chi connectivity index (χ3n) is 4.77. The van der Waals surface area contributed by atoms with E-state index in [4.69, 9.17) is 0 Å². The summed E-state index contributed by atoms with van der Waals surface area (Å²) in [4.78, 5) is 12.5. The summed E-state index contributed by atoms with van der Waals surface area (Å²) in [5.41, 5.74) is 2.20. The van der Waals surface area contributed by atoms with Crippen molar-refractivity contribution in [3.05, 3.63) is 59.9 Å². The summed E-state index contributed by atoms with van der Waals surface area (Å²) in [6, 6.07) is 13.0. The Morgan fingerprint density at radius 3 is 2.37 bits per heavy atom. The molecule has 0 saturated heterocycles. The van der Waals surface area contributed by atoms with Gasteiger partial charge in [0.2, 0.25) is 11.0 Å². The molecule has 1 N–H and O–H groups in total. The van der Waals surface area contributed by atoms with Crippen LogP contribution < -0.4 is 5.32 Å². The van der Waals surface area contributed by atoms with Crippen molar-refractivity contribution in [3.63, 3.8) is 0 Å². The summed E-state index contributed by atoms with van der Waals surface area (Å²) < 4.78 is 38.0. The predicted molar refractivity (Wildman–Crippen MR) is 134 cm³/mol. The average molecular weight is 533 g/mol. The van der Waals surface area contributed by atoms with E-state index in [1.165, 1.54) is 41.5 Å². The lowest BCUT2D eigenvalue weighted by Gasteiger charge is -2.07. The van der Waals surface area contributed by atoms with E-state index in [0.29, 0.717) is 33.2 Å². The minimum Gasteiger partial charge on any atom is -0.302 e. The molecular formula is C22H21FN6O3S3. The van der Waals surface area contributed by atoms with Crippen molar-refractivity contribution in [1.29, 1.82) is 0 Å². The van der Waals surface area contributed by atoms with Crippen LogP contribution in [0.5, 0.6) is 0 Å². The van der Waals surface area contributed by atoms with E-state index in [2.05, 4.69) is 25.7 Å².